The van der Waals surface area contributed by atoms with Crippen LogP contribution in [0.4, 0.5) is 0 Å². The summed E-state index contributed by atoms with van der Waals surface area (Å²) in [4.78, 5) is 10.4. The second-order valence-corrected chi connectivity index (χ2v) is 5.18. The summed E-state index contributed by atoms with van der Waals surface area (Å²) in [6, 6.07) is -0.337. The van der Waals surface area contributed by atoms with Crippen molar-refractivity contribution in [2.75, 3.05) is 0 Å². The Morgan fingerprint density at radius 3 is 2.62 bits per heavy atom. The van der Waals surface area contributed by atoms with Crippen LogP contribution in [-0.4, -0.2) is 22.3 Å². The van der Waals surface area contributed by atoms with Gasteiger partial charge in [0.2, 0.25) is 0 Å². The van der Waals surface area contributed by atoms with E-state index in [1.54, 1.807) is 0 Å². The number of hydrogen-bond donors (Lipinski definition) is 2. The van der Waals surface area contributed by atoms with Gasteiger partial charge in [0.1, 0.15) is 0 Å². The van der Waals surface area contributed by atoms with Gasteiger partial charge in [0.05, 0.1) is 11.6 Å². The van der Waals surface area contributed by atoms with E-state index in [0.29, 0.717) is 19.3 Å². The molecule has 0 saturated carbocycles. The van der Waals surface area contributed by atoms with Crippen molar-refractivity contribution in [2.24, 2.45) is 0 Å². The molecule has 0 aromatic heterocycles. The standard InChI is InChI=1S/C18H32O3/c1-2-3-4-5-6-8-11-14-17(19)15-12-9-7-10-13-16-18(20)21/h6,8,11,14,17,19H,2-5,7,9-10,12-13,15-16H2,1H3,(H,20,21)/b8-6+,14-11+/i6D,8D,14D,17D. The number of carboxylic acid groups (broad SMARTS) is 1. The van der Waals surface area contributed by atoms with Gasteiger partial charge in [-0.1, -0.05) is 69.7 Å². The Balaban J connectivity index is 4.30. The van der Waals surface area contributed by atoms with Crippen LogP contribution in [0.2, 0.25) is 0 Å². The van der Waals surface area contributed by atoms with Crippen LogP contribution in [0.1, 0.15) is 83.0 Å². The molecule has 0 fully saturated rings. The molecular formula is C18H32O3. The third-order valence-corrected chi connectivity index (χ3v) is 3.12. The molecule has 0 radical (unpaired) electrons. The van der Waals surface area contributed by atoms with E-state index in [1.807, 2.05) is 0 Å². The number of hydrogen-bond acceptors (Lipinski definition) is 2. The van der Waals surface area contributed by atoms with E-state index in [0.717, 1.165) is 44.6 Å². The summed E-state index contributed by atoms with van der Waals surface area (Å²) in [5.74, 6) is -0.799. The molecule has 0 aromatic carbocycles. The van der Waals surface area contributed by atoms with E-state index < -0.39 is 12.0 Å². The van der Waals surface area contributed by atoms with Gasteiger partial charge in [-0.3, -0.25) is 4.79 Å². The van der Waals surface area contributed by atoms with Gasteiger partial charge < -0.3 is 10.2 Å². The van der Waals surface area contributed by atoms with Crippen molar-refractivity contribution in [3.05, 3.63) is 24.2 Å². The van der Waals surface area contributed by atoms with Crippen molar-refractivity contribution in [3.8, 4) is 0 Å². The van der Waals surface area contributed by atoms with Gasteiger partial charge in [-0.05, 0) is 25.7 Å². The molecule has 0 amide bonds. The fourth-order valence-corrected chi connectivity index (χ4v) is 1.88. The zero-order valence-corrected chi connectivity index (χ0v) is 13.2. The molecule has 0 aromatic rings. The number of carbonyl (C=O) groups is 1. The average Bonchev–Trinajstić information content (AvgIpc) is 2.53. The van der Waals surface area contributed by atoms with Crippen molar-refractivity contribution in [1.29, 1.82) is 0 Å². The van der Waals surface area contributed by atoms with E-state index in [4.69, 9.17) is 10.6 Å². The molecule has 3 heteroatoms. The highest BCUT2D eigenvalue weighted by atomic mass is 16.4. The maximum atomic E-state index is 10.4. The molecule has 0 spiro atoms. The lowest BCUT2D eigenvalue weighted by molar-refractivity contribution is -0.137. The van der Waals surface area contributed by atoms with Crippen LogP contribution in [0, 0.1) is 0 Å². The Hall–Kier alpha value is -1.09. The fourth-order valence-electron chi connectivity index (χ4n) is 1.88. The van der Waals surface area contributed by atoms with Crippen molar-refractivity contribution in [1.82, 2.24) is 0 Å². The molecule has 3 nitrogen and oxygen atoms in total. The second-order valence-electron chi connectivity index (χ2n) is 5.18. The van der Waals surface area contributed by atoms with Crippen LogP contribution in [0.5, 0.6) is 0 Å². The average molecular weight is 300 g/mol. The van der Waals surface area contributed by atoms with Crippen molar-refractivity contribution in [2.45, 2.75) is 83.6 Å². The normalized spacial score (nSPS) is 18.9. The number of aliphatic hydroxyl groups is 1. The number of allylic oxidation sites excluding steroid dienone is 3. The Morgan fingerprint density at radius 2 is 1.90 bits per heavy atom. The first kappa shape index (κ1) is 13.6. The van der Waals surface area contributed by atoms with E-state index in [1.165, 1.54) is 0 Å². The smallest absolute Gasteiger partial charge is 0.303 e. The summed E-state index contributed by atoms with van der Waals surface area (Å²) in [6.07, 6.45) is 6.21. The Kier molecular flexibility index (Phi) is 9.88. The Labute approximate surface area is 135 Å². The molecule has 122 valence electrons. The lowest BCUT2D eigenvalue weighted by Gasteiger charge is -2.04. The predicted octanol–water partition coefficient (Wildman–Crippen LogP) is 4.86. The molecular weight excluding hydrogens is 264 g/mol. The molecule has 1 atom stereocenters. The van der Waals surface area contributed by atoms with Crippen LogP contribution in [0.15, 0.2) is 24.2 Å². The maximum Gasteiger partial charge on any atom is 0.303 e. The van der Waals surface area contributed by atoms with Gasteiger partial charge in [0, 0.05) is 6.42 Å². The fraction of sp³-hybridized carbons (Fsp3) is 0.722. The highest BCUT2D eigenvalue weighted by molar-refractivity contribution is 5.66. The molecule has 0 aliphatic carbocycles. The molecule has 2 N–H and O–H groups in total. The third kappa shape index (κ3) is 16.9. The van der Waals surface area contributed by atoms with E-state index in [-0.39, 0.29) is 31.0 Å². The molecule has 0 aliphatic rings. The zero-order chi connectivity index (χ0) is 19.3. The summed E-state index contributed by atoms with van der Waals surface area (Å²) in [6.45, 7) is 2.06. The van der Waals surface area contributed by atoms with Crippen LogP contribution < -0.4 is 0 Å². The summed E-state index contributed by atoms with van der Waals surface area (Å²) in [5.41, 5.74) is 0. The Bertz CT molecular complexity index is 459. The monoisotopic (exact) mass is 300 g/mol. The summed E-state index contributed by atoms with van der Waals surface area (Å²) < 4.78 is 31.3. The first-order chi connectivity index (χ1) is 11.7. The second kappa shape index (κ2) is 15.3. The molecule has 21 heavy (non-hydrogen) atoms. The molecule has 0 heterocycles. The minimum Gasteiger partial charge on any atom is -0.481 e. The largest absolute Gasteiger partial charge is 0.481 e. The highest BCUT2D eigenvalue weighted by Crippen LogP contribution is 2.09. The number of carboxylic acids is 1. The SMILES string of the molecule is [2H]/C(=C\C([2H])=C(/[2H])CCCCC)C([2H])(O)CCCCCCCC(=O)O. The van der Waals surface area contributed by atoms with Crippen LogP contribution >= 0.6 is 0 Å². The minimum absolute atomic E-state index is 0.0950. The van der Waals surface area contributed by atoms with Crippen molar-refractivity contribution in [3.63, 3.8) is 0 Å². The van der Waals surface area contributed by atoms with Crippen LogP contribution in [-0.2, 0) is 4.79 Å². The quantitative estimate of drug-likeness (QED) is 0.356. The summed E-state index contributed by atoms with van der Waals surface area (Å²) >= 11 is 0. The lowest BCUT2D eigenvalue weighted by atomic mass is 10.1. The molecule has 0 bridgehead atoms. The summed E-state index contributed by atoms with van der Waals surface area (Å²) in [5, 5.41) is 18.6. The minimum atomic E-state index is -2.04. The van der Waals surface area contributed by atoms with Crippen molar-refractivity contribution < 1.29 is 20.5 Å². The number of unbranched alkanes of at least 4 members (excludes halogenated alkanes) is 6. The maximum absolute atomic E-state index is 10.4. The van der Waals surface area contributed by atoms with Gasteiger partial charge in [-0.25, -0.2) is 0 Å². The van der Waals surface area contributed by atoms with Crippen molar-refractivity contribution >= 4 is 5.97 Å². The number of aliphatic carboxylic acids is 1. The highest BCUT2D eigenvalue weighted by Gasteiger charge is 1.99. The van der Waals surface area contributed by atoms with Gasteiger partial charge >= 0.3 is 5.97 Å². The van der Waals surface area contributed by atoms with Crippen LogP contribution in [0.25, 0.3) is 0 Å². The third-order valence-electron chi connectivity index (χ3n) is 3.12. The zero-order valence-electron chi connectivity index (χ0n) is 17.2. The van der Waals surface area contributed by atoms with Gasteiger partial charge in [-0.2, -0.15) is 0 Å². The van der Waals surface area contributed by atoms with Gasteiger partial charge in [0.15, 0.2) is 0 Å². The van der Waals surface area contributed by atoms with E-state index >= 15 is 0 Å². The summed E-state index contributed by atoms with van der Waals surface area (Å²) in [7, 11) is 0. The van der Waals surface area contributed by atoms with E-state index in [2.05, 4.69) is 6.92 Å². The molecule has 0 saturated heterocycles. The van der Waals surface area contributed by atoms with Gasteiger partial charge in [0.25, 0.3) is 0 Å². The molecule has 0 rings (SSSR count). The first-order valence-electron chi connectivity index (χ1n) is 10.00. The Morgan fingerprint density at radius 1 is 1.19 bits per heavy atom. The molecule has 1 unspecified atom stereocenters. The lowest BCUT2D eigenvalue weighted by Crippen LogP contribution is -2.01. The van der Waals surface area contributed by atoms with Gasteiger partial charge in [-0.15, -0.1) is 0 Å². The molecule has 0 aliphatic heterocycles. The van der Waals surface area contributed by atoms with Crippen LogP contribution in [0.3, 0.4) is 0 Å². The predicted molar refractivity (Wildman–Crippen MR) is 88.4 cm³/mol. The first-order valence-corrected chi connectivity index (χ1v) is 8.00. The topological polar surface area (TPSA) is 57.5 Å². The number of rotatable bonds is 14. The van der Waals surface area contributed by atoms with E-state index in [9.17, 15) is 9.90 Å².